The number of unbranched alkanes of at least 4 members (excludes halogenated alkanes) is 1. The molecule has 0 N–H and O–H groups in total. The summed E-state index contributed by atoms with van der Waals surface area (Å²) in [6.45, 7) is 6.54. The molecular weight excluding hydrogens is 370 g/mol. The maximum atomic E-state index is 13.5. The van der Waals surface area contributed by atoms with E-state index < -0.39 is 26.3 Å². The SMILES string of the molecule is CC(C)(C)OC(=O)C1(S(=O)(=O)N2CCC(CCCC=O)CC2)CCOCC1. The zero-order chi connectivity index (χ0) is 20.1. The van der Waals surface area contributed by atoms with E-state index in [1.807, 2.05) is 0 Å². The number of hydrogen-bond donors (Lipinski definition) is 0. The minimum Gasteiger partial charge on any atom is -0.459 e. The first kappa shape index (κ1) is 22.3. The Kier molecular flexibility index (Phi) is 7.44. The zero-order valence-corrected chi connectivity index (χ0v) is 17.6. The molecule has 0 aromatic heterocycles. The summed E-state index contributed by atoms with van der Waals surface area (Å²) in [4.78, 5) is 23.4. The summed E-state index contributed by atoms with van der Waals surface area (Å²) in [6.07, 6.45) is 5.05. The lowest BCUT2D eigenvalue weighted by Crippen LogP contribution is -2.59. The Hall–Kier alpha value is -0.990. The average Bonchev–Trinajstić information content (AvgIpc) is 2.61. The van der Waals surface area contributed by atoms with Gasteiger partial charge in [0.15, 0.2) is 4.75 Å². The van der Waals surface area contributed by atoms with Crippen molar-refractivity contribution in [2.45, 2.75) is 76.1 Å². The zero-order valence-electron chi connectivity index (χ0n) is 16.7. The van der Waals surface area contributed by atoms with E-state index in [4.69, 9.17) is 9.47 Å². The lowest BCUT2D eigenvalue weighted by atomic mass is 9.93. The second-order valence-electron chi connectivity index (χ2n) is 8.55. The molecule has 0 aromatic rings. The average molecular weight is 404 g/mol. The highest BCUT2D eigenvalue weighted by atomic mass is 32.2. The number of aldehydes is 1. The van der Waals surface area contributed by atoms with Gasteiger partial charge < -0.3 is 14.3 Å². The molecular formula is C19H33NO6S. The summed E-state index contributed by atoms with van der Waals surface area (Å²) in [5.41, 5.74) is -0.747. The van der Waals surface area contributed by atoms with E-state index in [9.17, 15) is 18.0 Å². The summed E-state index contributed by atoms with van der Waals surface area (Å²) >= 11 is 0. The van der Waals surface area contributed by atoms with Crippen molar-refractivity contribution in [3.8, 4) is 0 Å². The predicted molar refractivity (Wildman–Crippen MR) is 102 cm³/mol. The number of carbonyl (C=O) groups is 2. The molecule has 0 unspecified atom stereocenters. The minimum atomic E-state index is -3.84. The molecule has 27 heavy (non-hydrogen) atoms. The Balaban J connectivity index is 2.13. The van der Waals surface area contributed by atoms with Crippen LogP contribution in [0.15, 0.2) is 0 Å². The van der Waals surface area contributed by atoms with Gasteiger partial charge in [-0.15, -0.1) is 0 Å². The van der Waals surface area contributed by atoms with Gasteiger partial charge >= 0.3 is 5.97 Å². The van der Waals surface area contributed by atoms with Crippen LogP contribution in [0.1, 0.15) is 65.7 Å². The molecule has 2 saturated heterocycles. The Labute approximate surface area is 162 Å². The first-order valence-electron chi connectivity index (χ1n) is 9.87. The first-order valence-corrected chi connectivity index (χ1v) is 11.3. The first-order chi connectivity index (χ1) is 12.6. The van der Waals surface area contributed by atoms with Crippen LogP contribution in [0.25, 0.3) is 0 Å². The minimum absolute atomic E-state index is 0.128. The third-order valence-corrected chi connectivity index (χ3v) is 8.02. The number of esters is 1. The number of rotatable bonds is 7. The molecule has 0 saturated carbocycles. The Morgan fingerprint density at radius 2 is 1.81 bits per heavy atom. The fourth-order valence-electron chi connectivity index (χ4n) is 3.81. The van der Waals surface area contributed by atoms with Crippen molar-refractivity contribution in [1.82, 2.24) is 4.31 Å². The van der Waals surface area contributed by atoms with Crippen molar-refractivity contribution in [3.63, 3.8) is 0 Å². The summed E-state index contributed by atoms with van der Waals surface area (Å²) in [5.74, 6) is -0.227. The van der Waals surface area contributed by atoms with Crippen molar-refractivity contribution in [2.24, 2.45) is 5.92 Å². The van der Waals surface area contributed by atoms with Crippen LogP contribution in [-0.2, 0) is 29.1 Å². The summed E-state index contributed by atoms with van der Waals surface area (Å²) in [7, 11) is -3.84. The standard InChI is InChI=1S/C19H33NO6S/c1-18(2,3)26-17(22)19(9-14-25-15-10-19)27(23,24)20-11-7-16(8-12-20)6-4-5-13-21/h13,16H,4-12,14-15H2,1-3H3. The molecule has 2 aliphatic heterocycles. The van der Waals surface area contributed by atoms with Gasteiger partial charge in [-0.2, -0.15) is 0 Å². The van der Waals surface area contributed by atoms with Crippen LogP contribution in [0.2, 0.25) is 0 Å². The largest absolute Gasteiger partial charge is 0.459 e. The summed E-state index contributed by atoms with van der Waals surface area (Å²) in [6, 6.07) is 0. The van der Waals surface area contributed by atoms with Gasteiger partial charge in [0.25, 0.3) is 0 Å². The molecule has 0 aliphatic carbocycles. The fraction of sp³-hybridized carbons (Fsp3) is 0.895. The fourth-order valence-corrected chi connectivity index (χ4v) is 5.94. The van der Waals surface area contributed by atoms with Crippen molar-refractivity contribution >= 4 is 22.3 Å². The normalized spacial score (nSPS) is 22.3. The van der Waals surface area contributed by atoms with Gasteiger partial charge in [0.1, 0.15) is 11.9 Å². The second kappa shape index (κ2) is 9.01. The van der Waals surface area contributed by atoms with E-state index in [1.165, 1.54) is 4.31 Å². The van der Waals surface area contributed by atoms with Crippen molar-refractivity contribution in [1.29, 1.82) is 0 Å². The van der Waals surface area contributed by atoms with Crippen molar-refractivity contribution in [2.75, 3.05) is 26.3 Å². The van der Waals surface area contributed by atoms with E-state index in [1.54, 1.807) is 20.8 Å². The van der Waals surface area contributed by atoms with Crippen LogP contribution >= 0.6 is 0 Å². The highest BCUT2D eigenvalue weighted by Gasteiger charge is 2.56. The molecule has 2 heterocycles. The second-order valence-corrected chi connectivity index (χ2v) is 10.8. The monoisotopic (exact) mass is 403 g/mol. The van der Waals surface area contributed by atoms with Gasteiger partial charge in [-0.3, -0.25) is 4.79 Å². The maximum Gasteiger partial charge on any atom is 0.329 e. The van der Waals surface area contributed by atoms with Crippen molar-refractivity contribution < 1.29 is 27.5 Å². The Bertz CT molecular complexity index is 611. The van der Waals surface area contributed by atoms with Gasteiger partial charge in [0, 0.05) is 45.6 Å². The van der Waals surface area contributed by atoms with Crippen LogP contribution in [0.3, 0.4) is 0 Å². The van der Waals surface area contributed by atoms with E-state index in [-0.39, 0.29) is 26.1 Å². The molecule has 0 spiro atoms. The van der Waals surface area contributed by atoms with E-state index in [0.29, 0.717) is 25.4 Å². The van der Waals surface area contributed by atoms with Gasteiger partial charge in [-0.25, -0.2) is 12.7 Å². The molecule has 156 valence electrons. The molecule has 7 nitrogen and oxygen atoms in total. The summed E-state index contributed by atoms with van der Waals surface area (Å²) in [5, 5.41) is 0. The third kappa shape index (κ3) is 5.29. The van der Waals surface area contributed by atoms with Crippen LogP contribution in [0, 0.1) is 5.92 Å². The van der Waals surface area contributed by atoms with Crippen LogP contribution < -0.4 is 0 Å². The van der Waals surface area contributed by atoms with Gasteiger partial charge in [0.05, 0.1) is 0 Å². The topological polar surface area (TPSA) is 90.0 Å². The molecule has 0 radical (unpaired) electrons. The van der Waals surface area contributed by atoms with Gasteiger partial charge in [0.2, 0.25) is 10.0 Å². The lowest BCUT2D eigenvalue weighted by Gasteiger charge is -2.41. The third-order valence-electron chi connectivity index (χ3n) is 5.41. The van der Waals surface area contributed by atoms with Crippen LogP contribution in [0.4, 0.5) is 0 Å². The number of hydrogen-bond acceptors (Lipinski definition) is 6. The van der Waals surface area contributed by atoms with Crippen molar-refractivity contribution in [3.05, 3.63) is 0 Å². The highest BCUT2D eigenvalue weighted by molar-refractivity contribution is 7.91. The number of nitrogens with zero attached hydrogens (tertiary/aromatic N) is 1. The molecule has 0 aromatic carbocycles. The number of sulfonamides is 1. The molecule has 2 fully saturated rings. The lowest BCUT2D eigenvalue weighted by molar-refractivity contribution is -0.161. The molecule has 0 bridgehead atoms. The van der Waals surface area contributed by atoms with E-state index >= 15 is 0 Å². The molecule has 2 aliphatic rings. The molecule has 0 amide bonds. The Morgan fingerprint density at radius 3 is 2.33 bits per heavy atom. The van der Waals surface area contributed by atoms with Gasteiger partial charge in [-0.05, 0) is 52.4 Å². The smallest absolute Gasteiger partial charge is 0.329 e. The maximum absolute atomic E-state index is 13.5. The van der Waals surface area contributed by atoms with E-state index in [2.05, 4.69) is 0 Å². The van der Waals surface area contributed by atoms with E-state index in [0.717, 1.165) is 32.0 Å². The number of piperidine rings is 1. The predicted octanol–water partition coefficient (Wildman–Crippen LogP) is 2.29. The van der Waals surface area contributed by atoms with Gasteiger partial charge in [-0.1, -0.05) is 0 Å². The highest BCUT2D eigenvalue weighted by Crippen LogP contribution is 2.37. The van der Waals surface area contributed by atoms with Crippen LogP contribution in [0.5, 0.6) is 0 Å². The summed E-state index contributed by atoms with van der Waals surface area (Å²) < 4.78 is 37.7. The number of ether oxygens (including phenoxy) is 2. The molecule has 0 atom stereocenters. The quantitative estimate of drug-likeness (QED) is 0.368. The van der Waals surface area contributed by atoms with Crippen LogP contribution in [-0.4, -0.2) is 61.6 Å². The molecule has 2 rings (SSSR count). The Morgan fingerprint density at radius 1 is 1.22 bits per heavy atom. The number of carbonyl (C=O) groups excluding carboxylic acids is 2. The molecule has 8 heteroatoms.